The molecule has 2 nitrogen and oxygen atoms in total. The average molecular weight is 213 g/mol. The van der Waals surface area contributed by atoms with Gasteiger partial charge in [-0.3, -0.25) is 4.79 Å². The summed E-state index contributed by atoms with van der Waals surface area (Å²) in [4.78, 5) is 11.5. The van der Waals surface area contributed by atoms with Crippen LogP contribution < -0.4 is 5.73 Å². The molecule has 2 N–H and O–H groups in total. The molecule has 0 radical (unpaired) electrons. The monoisotopic (exact) mass is 213 g/mol. The van der Waals surface area contributed by atoms with Gasteiger partial charge in [0.2, 0.25) is 0 Å². The fraction of sp³-hybridized carbons (Fsp3) is 0.923. The summed E-state index contributed by atoms with van der Waals surface area (Å²) in [6.45, 7) is 5.11. The van der Waals surface area contributed by atoms with Gasteiger partial charge in [0.05, 0.1) is 0 Å². The molecule has 0 aliphatic carbocycles. The van der Waals surface area contributed by atoms with Crippen molar-refractivity contribution in [3.8, 4) is 0 Å². The van der Waals surface area contributed by atoms with Gasteiger partial charge in [-0.05, 0) is 31.7 Å². The lowest BCUT2D eigenvalue weighted by molar-refractivity contribution is -0.119. The first-order valence-corrected chi connectivity index (χ1v) is 6.42. The number of carbonyl (C=O) groups is 1. The Morgan fingerprint density at radius 3 is 2.47 bits per heavy atom. The molecule has 0 heterocycles. The van der Waals surface area contributed by atoms with Gasteiger partial charge < -0.3 is 5.73 Å². The van der Waals surface area contributed by atoms with Gasteiger partial charge in [0.25, 0.3) is 0 Å². The highest BCUT2D eigenvalue weighted by atomic mass is 16.1. The van der Waals surface area contributed by atoms with E-state index in [9.17, 15) is 4.79 Å². The van der Waals surface area contributed by atoms with E-state index in [-0.39, 0.29) is 0 Å². The highest BCUT2D eigenvalue weighted by Crippen LogP contribution is 2.12. The molecule has 0 aliphatic rings. The molecule has 0 bridgehead atoms. The van der Waals surface area contributed by atoms with Crippen molar-refractivity contribution in [1.82, 2.24) is 0 Å². The topological polar surface area (TPSA) is 43.1 Å². The van der Waals surface area contributed by atoms with E-state index >= 15 is 0 Å². The largest absolute Gasteiger partial charge is 0.330 e. The summed E-state index contributed by atoms with van der Waals surface area (Å²) in [7, 11) is 0. The van der Waals surface area contributed by atoms with Gasteiger partial charge in [0.1, 0.15) is 5.78 Å². The summed E-state index contributed by atoms with van der Waals surface area (Å²) in [5.41, 5.74) is 5.46. The molecule has 0 spiro atoms. The number of nitrogens with two attached hydrogens (primary N) is 1. The first-order valence-electron chi connectivity index (χ1n) is 6.42. The van der Waals surface area contributed by atoms with Crippen LogP contribution in [0.15, 0.2) is 0 Å². The Morgan fingerprint density at radius 2 is 1.87 bits per heavy atom. The van der Waals surface area contributed by atoms with Crippen LogP contribution in [0.5, 0.6) is 0 Å². The molecule has 0 aromatic rings. The first-order chi connectivity index (χ1) is 7.20. The smallest absolute Gasteiger partial charge is 0.132 e. The van der Waals surface area contributed by atoms with Crippen LogP contribution in [-0.2, 0) is 4.79 Å². The Bertz CT molecular complexity index is 157. The number of carbonyl (C=O) groups excluding carboxylic acids is 1. The second-order valence-corrected chi connectivity index (χ2v) is 4.57. The van der Waals surface area contributed by atoms with Crippen molar-refractivity contribution in [2.24, 2.45) is 11.7 Å². The minimum Gasteiger partial charge on any atom is -0.330 e. The molecule has 15 heavy (non-hydrogen) atoms. The summed E-state index contributed by atoms with van der Waals surface area (Å²) in [5.74, 6) is 1.05. The van der Waals surface area contributed by atoms with E-state index in [0.717, 1.165) is 38.6 Å². The molecule has 0 fully saturated rings. The number of Topliss-reactive ketones (excluding diaryl/α,β-unsaturated/α-hetero) is 1. The standard InChI is InChI=1S/C13H27NO/c1-3-4-5-6-7-13(15)9-8-12(2)10-11-14/h12H,3-11,14H2,1-2H3. The average Bonchev–Trinajstić information content (AvgIpc) is 2.22. The molecule has 2 heteroatoms. The molecule has 0 saturated carbocycles. The Kier molecular flexibility index (Phi) is 9.91. The molecule has 1 unspecified atom stereocenters. The van der Waals surface area contributed by atoms with E-state index in [0.29, 0.717) is 11.7 Å². The van der Waals surface area contributed by atoms with Gasteiger partial charge in [-0.1, -0.05) is 33.1 Å². The van der Waals surface area contributed by atoms with Crippen LogP contribution in [0.1, 0.15) is 65.2 Å². The normalized spacial score (nSPS) is 12.7. The van der Waals surface area contributed by atoms with Crippen molar-refractivity contribution in [3.63, 3.8) is 0 Å². The predicted molar refractivity (Wildman–Crippen MR) is 65.8 cm³/mol. The Hall–Kier alpha value is -0.370. The van der Waals surface area contributed by atoms with Gasteiger partial charge in [-0.2, -0.15) is 0 Å². The second-order valence-electron chi connectivity index (χ2n) is 4.57. The lowest BCUT2D eigenvalue weighted by Gasteiger charge is -2.08. The third-order valence-electron chi connectivity index (χ3n) is 2.88. The van der Waals surface area contributed by atoms with Crippen LogP contribution in [0.25, 0.3) is 0 Å². The number of hydrogen-bond acceptors (Lipinski definition) is 2. The van der Waals surface area contributed by atoms with Gasteiger partial charge >= 0.3 is 0 Å². The number of unbranched alkanes of at least 4 members (excludes halogenated alkanes) is 3. The molecule has 90 valence electrons. The fourth-order valence-electron chi connectivity index (χ4n) is 1.71. The molecule has 0 aliphatic heterocycles. The number of hydrogen-bond donors (Lipinski definition) is 1. The lowest BCUT2D eigenvalue weighted by atomic mass is 9.98. The van der Waals surface area contributed by atoms with E-state index in [1.165, 1.54) is 19.3 Å². The molecule has 0 amide bonds. The van der Waals surface area contributed by atoms with E-state index in [2.05, 4.69) is 13.8 Å². The van der Waals surface area contributed by atoms with Gasteiger partial charge in [0.15, 0.2) is 0 Å². The summed E-state index contributed by atoms with van der Waals surface area (Å²) in [6.07, 6.45) is 8.40. The summed E-state index contributed by atoms with van der Waals surface area (Å²) < 4.78 is 0. The minimum atomic E-state index is 0.440. The van der Waals surface area contributed by atoms with Crippen LogP contribution in [0, 0.1) is 5.92 Å². The zero-order valence-corrected chi connectivity index (χ0v) is 10.4. The summed E-state index contributed by atoms with van der Waals surface area (Å²) >= 11 is 0. The summed E-state index contributed by atoms with van der Waals surface area (Å²) in [6, 6.07) is 0. The van der Waals surface area contributed by atoms with Crippen LogP contribution in [-0.4, -0.2) is 12.3 Å². The maximum atomic E-state index is 11.5. The molecule has 1 atom stereocenters. The van der Waals surface area contributed by atoms with Crippen molar-refractivity contribution in [1.29, 1.82) is 0 Å². The zero-order valence-electron chi connectivity index (χ0n) is 10.4. The quantitative estimate of drug-likeness (QED) is 0.566. The SMILES string of the molecule is CCCCCCC(=O)CCC(C)CCN. The van der Waals surface area contributed by atoms with Crippen molar-refractivity contribution < 1.29 is 4.79 Å². The van der Waals surface area contributed by atoms with Crippen molar-refractivity contribution in [2.75, 3.05) is 6.54 Å². The first kappa shape index (κ1) is 14.6. The van der Waals surface area contributed by atoms with Crippen LogP contribution in [0.3, 0.4) is 0 Å². The summed E-state index contributed by atoms with van der Waals surface area (Å²) in [5, 5.41) is 0. The second kappa shape index (κ2) is 10.2. The Balaban J connectivity index is 3.32. The van der Waals surface area contributed by atoms with Gasteiger partial charge in [0, 0.05) is 12.8 Å². The lowest BCUT2D eigenvalue weighted by Crippen LogP contribution is -2.08. The molecular weight excluding hydrogens is 186 g/mol. The van der Waals surface area contributed by atoms with Crippen LogP contribution >= 0.6 is 0 Å². The predicted octanol–water partition coefficient (Wildman–Crippen LogP) is 3.29. The fourth-order valence-corrected chi connectivity index (χ4v) is 1.71. The zero-order chi connectivity index (χ0) is 11.5. The van der Waals surface area contributed by atoms with Gasteiger partial charge in [-0.25, -0.2) is 0 Å². The van der Waals surface area contributed by atoms with Crippen LogP contribution in [0.2, 0.25) is 0 Å². The highest BCUT2D eigenvalue weighted by molar-refractivity contribution is 5.78. The maximum Gasteiger partial charge on any atom is 0.132 e. The molecule has 0 rings (SSSR count). The maximum absolute atomic E-state index is 11.5. The van der Waals surface area contributed by atoms with Crippen LogP contribution in [0.4, 0.5) is 0 Å². The van der Waals surface area contributed by atoms with Gasteiger partial charge in [-0.15, -0.1) is 0 Å². The van der Waals surface area contributed by atoms with Crippen molar-refractivity contribution in [2.45, 2.75) is 65.2 Å². The molecule has 0 aromatic heterocycles. The minimum absolute atomic E-state index is 0.440. The van der Waals surface area contributed by atoms with E-state index < -0.39 is 0 Å². The molecule has 0 saturated heterocycles. The Labute approximate surface area is 94.6 Å². The third-order valence-corrected chi connectivity index (χ3v) is 2.88. The number of rotatable bonds is 10. The third kappa shape index (κ3) is 9.92. The van der Waals surface area contributed by atoms with E-state index in [4.69, 9.17) is 5.73 Å². The molecule has 0 aromatic carbocycles. The highest BCUT2D eigenvalue weighted by Gasteiger charge is 2.05. The van der Waals surface area contributed by atoms with Crippen molar-refractivity contribution >= 4 is 5.78 Å². The molecular formula is C13H27NO. The Morgan fingerprint density at radius 1 is 1.13 bits per heavy atom. The number of ketones is 1. The van der Waals surface area contributed by atoms with Crippen molar-refractivity contribution in [3.05, 3.63) is 0 Å². The van der Waals surface area contributed by atoms with E-state index in [1.54, 1.807) is 0 Å². The van der Waals surface area contributed by atoms with E-state index in [1.807, 2.05) is 0 Å².